The minimum Gasteiger partial charge on any atom is -0.394 e. The zero-order valence-corrected chi connectivity index (χ0v) is 8.21. The summed E-state index contributed by atoms with van der Waals surface area (Å²) in [5.41, 5.74) is 3.71. The Morgan fingerprint density at radius 3 is 2.69 bits per heavy atom. The van der Waals surface area contributed by atoms with E-state index in [-0.39, 0.29) is 6.61 Å². The van der Waals surface area contributed by atoms with Crippen molar-refractivity contribution in [2.45, 2.75) is 20.5 Å². The number of aryl methyl sites for hydroxylation is 2. The zero-order valence-electron chi connectivity index (χ0n) is 8.21. The van der Waals surface area contributed by atoms with E-state index in [0.29, 0.717) is 13.2 Å². The molecule has 1 rings (SSSR count). The first-order valence-corrected chi connectivity index (χ1v) is 4.49. The maximum absolute atomic E-state index is 8.53. The van der Waals surface area contributed by atoms with Crippen LogP contribution in [0.4, 0.5) is 0 Å². The predicted molar refractivity (Wildman–Crippen MR) is 52.7 cm³/mol. The highest BCUT2D eigenvalue weighted by atomic mass is 16.5. The Kier molecular flexibility index (Phi) is 3.93. The lowest BCUT2D eigenvalue weighted by Crippen LogP contribution is -2.00. The number of ether oxygens (including phenoxy) is 1. The van der Waals surface area contributed by atoms with Crippen molar-refractivity contribution in [3.8, 4) is 0 Å². The molecule has 0 aliphatic heterocycles. The fraction of sp³-hybridized carbons (Fsp3) is 0.455. The quantitative estimate of drug-likeness (QED) is 0.716. The second-order valence-electron chi connectivity index (χ2n) is 3.21. The van der Waals surface area contributed by atoms with E-state index >= 15 is 0 Å². The fourth-order valence-corrected chi connectivity index (χ4v) is 1.25. The molecule has 2 nitrogen and oxygen atoms in total. The van der Waals surface area contributed by atoms with Crippen molar-refractivity contribution < 1.29 is 9.84 Å². The lowest BCUT2D eigenvalue weighted by Gasteiger charge is -2.06. The molecular weight excluding hydrogens is 164 g/mol. The van der Waals surface area contributed by atoms with E-state index in [0.717, 1.165) is 0 Å². The van der Waals surface area contributed by atoms with Crippen LogP contribution in [0, 0.1) is 13.8 Å². The smallest absolute Gasteiger partial charge is 0.0720 e. The van der Waals surface area contributed by atoms with Gasteiger partial charge < -0.3 is 9.84 Å². The van der Waals surface area contributed by atoms with Crippen molar-refractivity contribution in [1.82, 2.24) is 0 Å². The maximum Gasteiger partial charge on any atom is 0.0720 e. The van der Waals surface area contributed by atoms with Crippen LogP contribution in [0.1, 0.15) is 16.7 Å². The van der Waals surface area contributed by atoms with Crippen LogP contribution in [0.15, 0.2) is 18.2 Å². The van der Waals surface area contributed by atoms with Gasteiger partial charge in [0.2, 0.25) is 0 Å². The van der Waals surface area contributed by atoms with Crippen LogP contribution in [0.25, 0.3) is 0 Å². The Labute approximate surface area is 79.2 Å². The van der Waals surface area contributed by atoms with Gasteiger partial charge in [-0.2, -0.15) is 0 Å². The summed E-state index contributed by atoms with van der Waals surface area (Å²) in [5, 5.41) is 8.53. The molecule has 0 aliphatic rings. The number of benzene rings is 1. The van der Waals surface area contributed by atoms with Gasteiger partial charge in [0.15, 0.2) is 0 Å². The van der Waals surface area contributed by atoms with Crippen molar-refractivity contribution in [2.75, 3.05) is 13.2 Å². The van der Waals surface area contributed by atoms with Crippen molar-refractivity contribution in [3.05, 3.63) is 34.9 Å². The van der Waals surface area contributed by atoms with Crippen LogP contribution in [0.2, 0.25) is 0 Å². The van der Waals surface area contributed by atoms with E-state index < -0.39 is 0 Å². The van der Waals surface area contributed by atoms with Crippen LogP contribution >= 0.6 is 0 Å². The lowest BCUT2D eigenvalue weighted by molar-refractivity contribution is 0.0813. The molecule has 0 unspecified atom stereocenters. The number of aliphatic hydroxyl groups is 1. The third kappa shape index (κ3) is 3.17. The molecule has 0 saturated heterocycles. The van der Waals surface area contributed by atoms with E-state index in [9.17, 15) is 0 Å². The number of rotatable bonds is 4. The van der Waals surface area contributed by atoms with Gasteiger partial charge in [-0.15, -0.1) is 0 Å². The molecular formula is C11H16O2. The molecule has 2 heteroatoms. The monoisotopic (exact) mass is 180 g/mol. The SMILES string of the molecule is Cc1ccc(COCCO)c(C)c1. The van der Waals surface area contributed by atoms with Gasteiger partial charge in [0.1, 0.15) is 0 Å². The van der Waals surface area contributed by atoms with Crippen LogP contribution < -0.4 is 0 Å². The Balaban J connectivity index is 2.56. The van der Waals surface area contributed by atoms with Crippen LogP contribution in [0.3, 0.4) is 0 Å². The first kappa shape index (κ1) is 10.2. The third-order valence-corrected chi connectivity index (χ3v) is 1.99. The van der Waals surface area contributed by atoms with E-state index in [4.69, 9.17) is 9.84 Å². The van der Waals surface area contributed by atoms with Crippen LogP contribution in [-0.2, 0) is 11.3 Å². The molecule has 0 atom stereocenters. The summed E-state index contributed by atoms with van der Waals surface area (Å²) in [6.45, 7) is 5.24. The molecule has 0 bridgehead atoms. The first-order valence-electron chi connectivity index (χ1n) is 4.49. The van der Waals surface area contributed by atoms with Gasteiger partial charge >= 0.3 is 0 Å². The highest BCUT2D eigenvalue weighted by Gasteiger charge is 1.97. The van der Waals surface area contributed by atoms with Crippen molar-refractivity contribution >= 4 is 0 Å². The van der Waals surface area contributed by atoms with E-state index in [1.54, 1.807) is 0 Å². The molecule has 0 amide bonds. The standard InChI is InChI=1S/C11H16O2/c1-9-3-4-11(10(2)7-9)8-13-6-5-12/h3-4,7,12H,5-6,8H2,1-2H3. The highest BCUT2D eigenvalue weighted by molar-refractivity contribution is 5.29. The van der Waals surface area contributed by atoms with Gasteiger partial charge in [-0.05, 0) is 25.0 Å². The second-order valence-corrected chi connectivity index (χ2v) is 3.21. The van der Waals surface area contributed by atoms with Crippen molar-refractivity contribution in [3.63, 3.8) is 0 Å². The Hall–Kier alpha value is -0.860. The average Bonchev–Trinajstić information content (AvgIpc) is 2.09. The molecule has 0 aliphatic carbocycles. The van der Waals surface area contributed by atoms with Gasteiger partial charge in [-0.1, -0.05) is 23.8 Å². The van der Waals surface area contributed by atoms with E-state index in [1.165, 1.54) is 16.7 Å². The van der Waals surface area contributed by atoms with Gasteiger partial charge in [0, 0.05) is 0 Å². The summed E-state index contributed by atoms with van der Waals surface area (Å²) < 4.78 is 5.24. The fourth-order valence-electron chi connectivity index (χ4n) is 1.25. The normalized spacial score (nSPS) is 10.4. The van der Waals surface area contributed by atoms with Gasteiger partial charge in [-0.25, -0.2) is 0 Å². The molecule has 0 spiro atoms. The number of hydrogen-bond acceptors (Lipinski definition) is 2. The average molecular weight is 180 g/mol. The van der Waals surface area contributed by atoms with E-state index in [2.05, 4.69) is 32.0 Å². The summed E-state index contributed by atoms with van der Waals surface area (Å²) in [4.78, 5) is 0. The molecule has 1 aromatic rings. The lowest BCUT2D eigenvalue weighted by atomic mass is 10.1. The maximum atomic E-state index is 8.53. The Morgan fingerprint density at radius 2 is 2.08 bits per heavy atom. The van der Waals surface area contributed by atoms with Crippen LogP contribution in [0.5, 0.6) is 0 Å². The molecule has 0 aromatic heterocycles. The molecule has 1 N–H and O–H groups in total. The number of hydrogen-bond donors (Lipinski definition) is 1. The topological polar surface area (TPSA) is 29.5 Å². The second kappa shape index (κ2) is 5.00. The van der Waals surface area contributed by atoms with Gasteiger partial charge in [0.05, 0.1) is 19.8 Å². The molecule has 0 heterocycles. The highest BCUT2D eigenvalue weighted by Crippen LogP contribution is 2.11. The van der Waals surface area contributed by atoms with Gasteiger partial charge in [-0.3, -0.25) is 0 Å². The minimum absolute atomic E-state index is 0.0882. The first-order chi connectivity index (χ1) is 6.24. The van der Waals surface area contributed by atoms with Gasteiger partial charge in [0.25, 0.3) is 0 Å². The van der Waals surface area contributed by atoms with Crippen molar-refractivity contribution in [1.29, 1.82) is 0 Å². The van der Waals surface area contributed by atoms with Crippen LogP contribution in [-0.4, -0.2) is 18.3 Å². The summed E-state index contributed by atoms with van der Waals surface area (Å²) in [7, 11) is 0. The largest absolute Gasteiger partial charge is 0.394 e. The summed E-state index contributed by atoms with van der Waals surface area (Å²) >= 11 is 0. The summed E-state index contributed by atoms with van der Waals surface area (Å²) in [5.74, 6) is 0. The number of aliphatic hydroxyl groups excluding tert-OH is 1. The minimum atomic E-state index is 0.0882. The molecule has 0 saturated carbocycles. The zero-order chi connectivity index (χ0) is 9.68. The Morgan fingerprint density at radius 1 is 1.31 bits per heavy atom. The predicted octanol–water partition coefficient (Wildman–Crippen LogP) is 1.81. The third-order valence-electron chi connectivity index (χ3n) is 1.99. The molecule has 1 aromatic carbocycles. The molecule has 0 radical (unpaired) electrons. The molecule has 0 fully saturated rings. The molecule has 13 heavy (non-hydrogen) atoms. The van der Waals surface area contributed by atoms with E-state index in [1.807, 2.05) is 0 Å². The van der Waals surface area contributed by atoms with Crippen molar-refractivity contribution in [2.24, 2.45) is 0 Å². The molecule has 72 valence electrons. The summed E-state index contributed by atoms with van der Waals surface area (Å²) in [6, 6.07) is 6.28. The Bertz CT molecular complexity index is 269. The summed E-state index contributed by atoms with van der Waals surface area (Å²) in [6.07, 6.45) is 0.